The number of hydrogen-bond donors (Lipinski definition) is 1. The number of carbonyl (C=O) groups excluding carboxylic acids is 2. The van der Waals surface area contributed by atoms with E-state index in [-0.39, 0.29) is 23.1 Å². The topological polar surface area (TPSA) is 85.6 Å². The van der Waals surface area contributed by atoms with Crippen LogP contribution in [0.25, 0.3) is 5.65 Å². The minimum Gasteiger partial charge on any atom is -0.464 e. The average Bonchev–Trinajstić information content (AvgIpc) is 3.16. The number of aromatic nitrogens is 3. The zero-order valence-corrected chi connectivity index (χ0v) is 16.1. The van der Waals surface area contributed by atoms with Gasteiger partial charge in [-0.15, -0.1) is 0 Å². The highest BCUT2D eigenvalue weighted by molar-refractivity contribution is 5.96. The van der Waals surface area contributed by atoms with E-state index in [2.05, 4.69) is 29.2 Å². The molecule has 3 aliphatic rings. The fourth-order valence-electron chi connectivity index (χ4n) is 4.76. The van der Waals surface area contributed by atoms with E-state index in [0.717, 1.165) is 19.3 Å². The predicted octanol–water partition coefficient (Wildman–Crippen LogP) is 2.99. The monoisotopic (exact) mass is 370 g/mol. The summed E-state index contributed by atoms with van der Waals surface area (Å²) in [5.74, 6) is -0.810. The first kappa shape index (κ1) is 17.9. The Morgan fingerprint density at radius 3 is 2.52 bits per heavy atom. The van der Waals surface area contributed by atoms with Crippen LogP contribution < -0.4 is 5.32 Å². The summed E-state index contributed by atoms with van der Waals surface area (Å²) in [5.41, 5.74) is 1.51. The van der Waals surface area contributed by atoms with Crippen LogP contribution >= 0.6 is 0 Å². The zero-order valence-electron chi connectivity index (χ0n) is 16.1. The molecule has 5 rings (SSSR count). The third kappa shape index (κ3) is 2.99. The van der Waals surface area contributed by atoms with Gasteiger partial charge in [-0.25, -0.2) is 14.3 Å². The molecule has 0 saturated heterocycles. The molecule has 2 bridgehead atoms. The molecule has 0 aliphatic heterocycles. The van der Waals surface area contributed by atoms with Crippen molar-refractivity contribution in [3.05, 3.63) is 29.7 Å². The van der Waals surface area contributed by atoms with Gasteiger partial charge in [-0.1, -0.05) is 6.92 Å². The van der Waals surface area contributed by atoms with Gasteiger partial charge in [0.05, 0.1) is 13.3 Å². The average molecular weight is 370 g/mol. The normalized spacial score (nSPS) is 28.1. The molecule has 2 aromatic rings. The standard InChI is InChI=1S/C20H26N4O3/c1-13(20-8-5-19(2,6-9-20)7-10-20)22-17(25)15-12-14(18(26)27-3)23-16-4-11-21-24(15)16/h4,11-13H,5-10H2,1-3H3,(H,22,25). The van der Waals surface area contributed by atoms with Gasteiger partial charge in [-0.2, -0.15) is 5.10 Å². The molecule has 7 heteroatoms. The van der Waals surface area contributed by atoms with E-state index in [1.54, 1.807) is 12.3 Å². The summed E-state index contributed by atoms with van der Waals surface area (Å²) in [6.07, 6.45) is 8.74. The molecule has 1 amide bonds. The van der Waals surface area contributed by atoms with Crippen LogP contribution in [0.4, 0.5) is 0 Å². The Balaban J connectivity index is 1.60. The Labute approximate surface area is 158 Å². The van der Waals surface area contributed by atoms with Crippen LogP contribution in [0.5, 0.6) is 0 Å². The molecule has 3 aliphatic carbocycles. The second-order valence-corrected chi connectivity index (χ2v) is 8.49. The summed E-state index contributed by atoms with van der Waals surface area (Å²) in [7, 11) is 1.30. The highest BCUT2D eigenvalue weighted by Crippen LogP contribution is 2.57. The molecule has 7 nitrogen and oxygen atoms in total. The molecule has 1 atom stereocenters. The predicted molar refractivity (Wildman–Crippen MR) is 99.5 cm³/mol. The van der Waals surface area contributed by atoms with E-state index in [4.69, 9.17) is 4.74 Å². The molecule has 0 aromatic carbocycles. The van der Waals surface area contributed by atoms with Gasteiger partial charge in [-0.3, -0.25) is 4.79 Å². The van der Waals surface area contributed by atoms with Gasteiger partial charge in [0.25, 0.3) is 5.91 Å². The fraction of sp³-hybridized carbons (Fsp3) is 0.600. The lowest BCUT2D eigenvalue weighted by Crippen LogP contribution is -2.52. The van der Waals surface area contributed by atoms with Crippen molar-refractivity contribution in [2.45, 2.75) is 58.4 Å². The van der Waals surface area contributed by atoms with Crippen molar-refractivity contribution in [2.24, 2.45) is 10.8 Å². The van der Waals surface area contributed by atoms with Gasteiger partial charge < -0.3 is 10.1 Å². The number of carbonyl (C=O) groups is 2. The van der Waals surface area contributed by atoms with E-state index in [0.29, 0.717) is 16.8 Å². The van der Waals surface area contributed by atoms with Crippen LogP contribution in [0.2, 0.25) is 0 Å². The number of ether oxygens (including phenoxy) is 1. The third-order valence-corrected chi connectivity index (χ3v) is 6.93. The van der Waals surface area contributed by atoms with Crippen LogP contribution in [0.3, 0.4) is 0 Å². The highest BCUT2D eigenvalue weighted by atomic mass is 16.5. The molecule has 3 fully saturated rings. The Kier molecular flexibility index (Phi) is 4.20. The highest BCUT2D eigenvalue weighted by Gasteiger charge is 2.49. The summed E-state index contributed by atoms with van der Waals surface area (Å²) < 4.78 is 6.22. The Morgan fingerprint density at radius 1 is 1.22 bits per heavy atom. The smallest absolute Gasteiger partial charge is 0.356 e. The molecule has 0 spiro atoms. The van der Waals surface area contributed by atoms with Gasteiger partial charge >= 0.3 is 5.97 Å². The molecular weight excluding hydrogens is 344 g/mol. The maximum atomic E-state index is 13.1. The number of nitrogens with one attached hydrogen (secondary N) is 1. The molecule has 3 saturated carbocycles. The molecule has 27 heavy (non-hydrogen) atoms. The first-order valence-electron chi connectivity index (χ1n) is 9.60. The number of hydrogen-bond acceptors (Lipinski definition) is 5. The van der Waals surface area contributed by atoms with Crippen LogP contribution in [-0.4, -0.2) is 39.6 Å². The van der Waals surface area contributed by atoms with E-state index in [9.17, 15) is 9.59 Å². The van der Waals surface area contributed by atoms with Crippen molar-refractivity contribution in [3.8, 4) is 0 Å². The van der Waals surface area contributed by atoms with Gasteiger partial charge in [-0.05, 0) is 56.3 Å². The van der Waals surface area contributed by atoms with Crippen LogP contribution in [0.15, 0.2) is 18.3 Å². The maximum Gasteiger partial charge on any atom is 0.356 e. The first-order valence-corrected chi connectivity index (χ1v) is 9.60. The Morgan fingerprint density at radius 2 is 1.89 bits per heavy atom. The van der Waals surface area contributed by atoms with Crippen LogP contribution in [-0.2, 0) is 4.74 Å². The molecule has 1 unspecified atom stereocenters. The molecular formula is C20H26N4O3. The second kappa shape index (κ2) is 6.32. The molecule has 2 aromatic heterocycles. The van der Waals surface area contributed by atoms with Gasteiger partial charge in [0, 0.05) is 18.2 Å². The summed E-state index contributed by atoms with van der Waals surface area (Å²) in [5, 5.41) is 7.36. The maximum absolute atomic E-state index is 13.1. The summed E-state index contributed by atoms with van der Waals surface area (Å²) >= 11 is 0. The number of amides is 1. The van der Waals surface area contributed by atoms with Gasteiger partial charge in [0.2, 0.25) is 0 Å². The van der Waals surface area contributed by atoms with E-state index in [1.165, 1.54) is 37.0 Å². The first-order chi connectivity index (χ1) is 12.9. The number of fused-ring (bicyclic) bond motifs is 4. The zero-order chi connectivity index (χ0) is 19.2. The molecule has 0 radical (unpaired) electrons. The van der Waals surface area contributed by atoms with Crippen molar-refractivity contribution in [1.29, 1.82) is 0 Å². The second-order valence-electron chi connectivity index (χ2n) is 8.49. The minimum atomic E-state index is -0.571. The Hall–Kier alpha value is -2.44. The third-order valence-electron chi connectivity index (χ3n) is 6.93. The van der Waals surface area contributed by atoms with E-state index < -0.39 is 5.97 Å². The van der Waals surface area contributed by atoms with Crippen molar-refractivity contribution < 1.29 is 14.3 Å². The number of methoxy groups -OCH3 is 1. The van der Waals surface area contributed by atoms with Gasteiger partial charge in [0.15, 0.2) is 11.3 Å². The van der Waals surface area contributed by atoms with Crippen LogP contribution in [0, 0.1) is 10.8 Å². The summed E-state index contributed by atoms with van der Waals surface area (Å²) in [4.78, 5) is 29.2. The van der Waals surface area contributed by atoms with Crippen LogP contribution in [0.1, 0.15) is 73.3 Å². The van der Waals surface area contributed by atoms with Crippen molar-refractivity contribution in [2.75, 3.05) is 7.11 Å². The lowest BCUT2D eigenvalue weighted by atomic mass is 9.52. The van der Waals surface area contributed by atoms with E-state index >= 15 is 0 Å². The Bertz CT molecular complexity index is 879. The molecule has 2 heterocycles. The largest absolute Gasteiger partial charge is 0.464 e. The molecule has 144 valence electrons. The quantitative estimate of drug-likeness (QED) is 0.836. The lowest BCUT2D eigenvalue weighted by molar-refractivity contribution is -0.0177. The molecule has 1 N–H and O–H groups in total. The van der Waals surface area contributed by atoms with Crippen molar-refractivity contribution in [1.82, 2.24) is 19.9 Å². The SMILES string of the molecule is COC(=O)c1cc(C(=O)NC(C)C23CCC(C)(CC2)CC3)n2nccc2n1. The summed E-state index contributed by atoms with van der Waals surface area (Å²) in [6, 6.07) is 3.17. The number of esters is 1. The van der Waals surface area contributed by atoms with Gasteiger partial charge in [0.1, 0.15) is 5.69 Å². The number of nitrogens with zero attached hydrogens (tertiary/aromatic N) is 3. The van der Waals surface area contributed by atoms with Crippen molar-refractivity contribution >= 4 is 17.5 Å². The minimum absolute atomic E-state index is 0.0650. The van der Waals surface area contributed by atoms with E-state index in [1.807, 2.05) is 0 Å². The van der Waals surface area contributed by atoms with Crippen molar-refractivity contribution in [3.63, 3.8) is 0 Å². The summed E-state index contributed by atoms with van der Waals surface area (Å²) in [6.45, 7) is 4.49. The fourth-order valence-corrected chi connectivity index (χ4v) is 4.76. The number of rotatable bonds is 4. The lowest BCUT2D eigenvalue weighted by Gasteiger charge is -2.54.